The maximum Gasteiger partial charge on any atom is 0.208 e. The first-order chi connectivity index (χ1) is 10.8. The van der Waals surface area contributed by atoms with Crippen LogP contribution in [0.1, 0.15) is 23.2 Å². The summed E-state index contributed by atoms with van der Waals surface area (Å²) < 4.78 is 25.0. The van der Waals surface area contributed by atoms with Crippen LogP contribution >= 0.6 is 0 Å². The number of benzene rings is 1. The average molecular weight is 335 g/mol. The number of likely N-dealkylation sites (tertiary alicyclic amines) is 1. The van der Waals surface area contributed by atoms with Crippen molar-refractivity contribution in [1.29, 1.82) is 0 Å². The van der Waals surface area contributed by atoms with Crippen molar-refractivity contribution in [3.05, 3.63) is 35.0 Å². The molecule has 1 aliphatic rings. The highest BCUT2D eigenvalue weighted by Crippen LogP contribution is 2.26. The molecule has 2 aromatic rings. The van der Waals surface area contributed by atoms with Crippen LogP contribution in [0.15, 0.2) is 18.2 Å². The smallest absolute Gasteiger partial charge is 0.208 e. The van der Waals surface area contributed by atoms with Gasteiger partial charge in [-0.1, -0.05) is 18.2 Å². The van der Waals surface area contributed by atoms with Crippen molar-refractivity contribution in [2.75, 3.05) is 25.9 Å². The summed E-state index contributed by atoms with van der Waals surface area (Å²) in [6.07, 6.45) is 2.26. The van der Waals surface area contributed by atoms with Crippen LogP contribution in [0, 0.1) is 19.8 Å². The Labute approximate surface area is 138 Å². The minimum absolute atomic E-state index is 0.399. The molecule has 0 spiro atoms. The van der Waals surface area contributed by atoms with Crippen molar-refractivity contribution in [3.8, 4) is 0 Å². The molecular weight excluding hydrogens is 310 g/mol. The normalized spacial score (nSPS) is 19.7. The topological polar surface area (TPSA) is 65.2 Å². The Kier molecular flexibility index (Phi) is 4.49. The number of nitrogens with zero attached hydrogens (tertiary/aromatic N) is 1. The van der Waals surface area contributed by atoms with E-state index in [0.29, 0.717) is 12.5 Å². The van der Waals surface area contributed by atoms with Gasteiger partial charge in [-0.05, 0) is 43.9 Å². The largest absolute Gasteiger partial charge is 0.357 e. The average Bonchev–Trinajstić information content (AvgIpc) is 3.04. The van der Waals surface area contributed by atoms with E-state index < -0.39 is 10.0 Å². The highest BCUT2D eigenvalue weighted by Gasteiger charge is 2.24. The molecule has 0 saturated carbocycles. The number of aromatic nitrogens is 1. The molecule has 0 unspecified atom stereocenters. The van der Waals surface area contributed by atoms with Gasteiger partial charge in [-0.15, -0.1) is 0 Å². The molecule has 1 aromatic carbocycles. The number of sulfonamides is 1. The van der Waals surface area contributed by atoms with Gasteiger partial charge in [-0.2, -0.15) is 0 Å². The number of hydrogen-bond acceptors (Lipinski definition) is 3. The Hall–Kier alpha value is -1.37. The summed E-state index contributed by atoms with van der Waals surface area (Å²) >= 11 is 0. The molecule has 23 heavy (non-hydrogen) atoms. The van der Waals surface area contributed by atoms with Crippen LogP contribution in [0.25, 0.3) is 10.9 Å². The molecule has 1 atom stereocenters. The Morgan fingerprint density at radius 1 is 1.35 bits per heavy atom. The van der Waals surface area contributed by atoms with Gasteiger partial charge in [0, 0.05) is 36.2 Å². The fourth-order valence-electron chi connectivity index (χ4n) is 3.43. The van der Waals surface area contributed by atoms with Crippen molar-refractivity contribution in [3.63, 3.8) is 0 Å². The van der Waals surface area contributed by atoms with E-state index in [9.17, 15) is 8.42 Å². The quantitative estimate of drug-likeness (QED) is 0.880. The maximum atomic E-state index is 11.2. The predicted molar refractivity (Wildman–Crippen MR) is 94.0 cm³/mol. The van der Waals surface area contributed by atoms with Crippen molar-refractivity contribution in [1.82, 2.24) is 14.6 Å². The van der Waals surface area contributed by atoms with Crippen LogP contribution in [0.2, 0.25) is 0 Å². The second kappa shape index (κ2) is 6.26. The first-order valence-electron chi connectivity index (χ1n) is 8.07. The molecular formula is C17H25N3O2S. The minimum Gasteiger partial charge on any atom is -0.357 e. The zero-order chi connectivity index (χ0) is 16.6. The number of aromatic amines is 1. The van der Waals surface area contributed by atoms with E-state index in [0.717, 1.165) is 26.1 Å². The van der Waals surface area contributed by atoms with E-state index in [2.05, 4.69) is 46.7 Å². The van der Waals surface area contributed by atoms with Crippen LogP contribution in [0.4, 0.5) is 0 Å². The summed E-state index contributed by atoms with van der Waals surface area (Å²) in [5.41, 5.74) is 5.09. The molecule has 1 aliphatic heterocycles. The number of fused-ring (bicyclic) bond motifs is 1. The lowest BCUT2D eigenvalue weighted by Gasteiger charge is -2.16. The van der Waals surface area contributed by atoms with Crippen LogP contribution in [-0.4, -0.2) is 44.2 Å². The molecule has 2 N–H and O–H groups in total. The van der Waals surface area contributed by atoms with Gasteiger partial charge in [0.1, 0.15) is 0 Å². The Morgan fingerprint density at radius 2 is 2.13 bits per heavy atom. The van der Waals surface area contributed by atoms with E-state index in [4.69, 9.17) is 0 Å². The molecule has 0 bridgehead atoms. The second-order valence-electron chi connectivity index (χ2n) is 6.74. The summed E-state index contributed by atoms with van der Waals surface area (Å²) in [6, 6.07) is 6.40. The molecule has 0 aliphatic carbocycles. The lowest BCUT2D eigenvalue weighted by atomic mass is 10.1. The predicted octanol–water partition coefficient (Wildman–Crippen LogP) is 2.16. The highest BCUT2D eigenvalue weighted by molar-refractivity contribution is 7.88. The summed E-state index contributed by atoms with van der Waals surface area (Å²) in [5.74, 6) is 0.399. The fraction of sp³-hybridized carbons (Fsp3) is 0.529. The molecule has 1 saturated heterocycles. The van der Waals surface area contributed by atoms with E-state index in [1.807, 2.05) is 0 Å². The molecule has 5 nitrogen and oxygen atoms in total. The molecule has 0 radical (unpaired) electrons. The molecule has 0 amide bonds. The first-order valence-corrected chi connectivity index (χ1v) is 9.96. The molecule has 1 fully saturated rings. The van der Waals surface area contributed by atoms with Crippen LogP contribution in [0.5, 0.6) is 0 Å². The van der Waals surface area contributed by atoms with Crippen LogP contribution in [0.3, 0.4) is 0 Å². The van der Waals surface area contributed by atoms with Gasteiger partial charge < -0.3 is 4.98 Å². The number of rotatable bonds is 5. The number of hydrogen-bond donors (Lipinski definition) is 2. The minimum atomic E-state index is -3.09. The third-order valence-electron chi connectivity index (χ3n) is 4.79. The Balaban J connectivity index is 1.67. The van der Waals surface area contributed by atoms with Gasteiger partial charge in [0.15, 0.2) is 0 Å². The van der Waals surface area contributed by atoms with Crippen LogP contribution in [-0.2, 0) is 16.6 Å². The van der Waals surface area contributed by atoms with Crippen molar-refractivity contribution < 1.29 is 8.42 Å². The molecule has 3 rings (SSSR count). The summed E-state index contributed by atoms with van der Waals surface area (Å²) in [5, 5.41) is 1.30. The van der Waals surface area contributed by atoms with E-state index in [1.165, 1.54) is 34.0 Å². The lowest BCUT2D eigenvalue weighted by molar-refractivity contribution is 0.313. The van der Waals surface area contributed by atoms with E-state index in [1.54, 1.807) is 0 Å². The third kappa shape index (κ3) is 3.76. The van der Waals surface area contributed by atoms with E-state index in [-0.39, 0.29) is 0 Å². The third-order valence-corrected chi connectivity index (χ3v) is 5.48. The summed E-state index contributed by atoms with van der Waals surface area (Å²) in [4.78, 5) is 5.98. The van der Waals surface area contributed by atoms with Crippen molar-refractivity contribution in [2.45, 2.75) is 26.8 Å². The van der Waals surface area contributed by atoms with Gasteiger partial charge in [0.2, 0.25) is 10.0 Å². The number of H-pyrrole nitrogens is 1. The number of para-hydroxylation sites is 1. The fourth-order valence-corrected chi connectivity index (χ4v) is 3.97. The molecule has 2 heterocycles. The SMILES string of the molecule is Cc1c(CN2CC[C@H](CNS(C)(=O)=O)C2)[nH]c2c(C)cccc12. The number of aryl methyl sites for hydroxylation is 2. The van der Waals surface area contributed by atoms with Gasteiger partial charge in [-0.3, -0.25) is 4.90 Å². The summed E-state index contributed by atoms with van der Waals surface area (Å²) in [6.45, 7) is 7.70. The standard InChI is InChI=1S/C17H25N3O2S/c1-12-5-4-6-15-13(2)16(19-17(12)15)11-20-8-7-14(10-20)9-18-23(3,21)22/h4-6,14,18-19H,7-11H2,1-3H3/t14-/m1/s1. The van der Waals surface area contributed by atoms with Crippen LogP contribution < -0.4 is 4.72 Å². The van der Waals surface area contributed by atoms with Crippen molar-refractivity contribution in [2.24, 2.45) is 5.92 Å². The zero-order valence-corrected chi connectivity index (χ0v) is 14.8. The Bertz CT molecular complexity index is 811. The monoisotopic (exact) mass is 335 g/mol. The van der Waals surface area contributed by atoms with Gasteiger partial charge in [0.05, 0.1) is 6.26 Å². The maximum absolute atomic E-state index is 11.2. The van der Waals surface area contributed by atoms with E-state index >= 15 is 0 Å². The molecule has 6 heteroatoms. The second-order valence-corrected chi connectivity index (χ2v) is 8.57. The molecule has 126 valence electrons. The first kappa shape index (κ1) is 16.5. The molecule has 1 aromatic heterocycles. The number of nitrogens with one attached hydrogen (secondary N) is 2. The Morgan fingerprint density at radius 3 is 2.83 bits per heavy atom. The van der Waals surface area contributed by atoms with Gasteiger partial charge in [-0.25, -0.2) is 13.1 Å². The zero-order valence-electron chi connectivity index (χ0n) is 14.0. The van der Waals surface area contributed by atoms with Gasteiger partial charge >= 0.3 is 0 Å². The van der Waals surface area contributed by atoms with Gasteiger partial charge in [0.25, 0.3) is 0 Å². The summed E-state index contributed by atoms with van der Waals surface area (Å²) in [7, 11) is -3.09. The van der Waals surface area contributed by atoms with Crippen molar-refractivity contribution >= 4 is 20.9 Å². The lowest BCUT2D eigenvalue weighted by Crippen LogP contribution is -2.30. The highest BCUT2D eigenvalue weighted by atomic mass is 32.2.